The fourth-order valence-electron chi connectivity index (χ4n) is 0.283. The molecule has 0 saturated heterocycles. The van der Waals surface area contributed by atoms with E-state index in [9.17, 15) is 9.90 Å². The summed E-state index contributed by atoms with van der Waals surface area (Å²) in [5, 5.41) is 9.64. The molecule has 2 nitrogen and oxygen atoms in total. The number of hydrogen-bond donors (Lipinski definition) is 0. The van der Waals surface area contributed by atoms with Crippen molar-refractivity contribution in [2.75, 3.05) is 0 Å². The van der Waals surface area contributed by atoms with Gasteiger partial charge in [-0.3, -0.25) is 4.79 Å². The fourth-order valence-corrected chi connectivity index (χ4v) is 0.283. The molecule has 0 atom stereocenters. The first kappa shape index (κ1) is 16.3. The first-order valence-electron chi connectivity index (χ1n) is 2.47. The predicted octanol–water partition coefficient (Wildman–Crippen LogP) is 1.44. The second-order valence-corrected chi connectivity index (χ2v) is 1.23. The molecule has 0 saturated carbocycles. The third-order valence-corrected chi connectivity index (χ3v) is 0.602. The van der Waals surface area contributed by atoms with Gasteiger partial charge < -0.3 is 5.11 Å². The molecule has 0 fully saturated rings. The Morgan fingerprint density at radius 1 is 0.818 bits per heavy atom. The summed E-state index contributed by atoms with van der Waals surface area (Å²) in [4.78, 5) is 9.64. The number of aldehydes is 1. The molecule has 0 aromatic rings. The van der Waals surface area contributed by atoms with Crippen molar-refractivity contribution in [2.24, 2.45) is 0 Å². The maximum atomic E-state index is 9.64. The van der Waals surface area contributed by atoms with Crippen molar-refractivity contribution in [2.45, 2.75) is 14.9 Å². The van der Waals surface area contributed by atoms with E-state index in [4.69, 9.17) is 0 Å². The molecule has 0 unspecified atom stereocenters. The first-order valence-corrected chi connectivity index (χ1v) is 2.47. The number of allylic oxidation sites excluding steroid dienone is 5. The van der Waals surface area contributed by atoms with E-state index in [1.807, 2.05) is 0 Å². The van der Waals surface area contributed by atoms with Gasteiger partial charge in [-0.15, -0.1) is 6.26 Å². The quantitative estimate of drug-likeness (QED) is 0.268. The van der Waals surface area contributed by atoms with E-state index >= 15 is 0 Å². The molecular formula is C9H15O2-. The van der Waals surface area contributed by atoms with Gasteiger partial charge in [-0.2, -0.15) is 0 Å². The molecule has 64 valence electrons. The van der Waals surface area contributed by atoms with Crippen LogP contribution in [0.1, 0.15) is 14.9 Å². The predicted molar refractivity (Wildman–Crippen MR) is 46.9 cm³/mol. The normalized spacial score (nSPS) is 9.82. The van der Waals surface area contributed by atoms with Crippen molar-refractivity contribution in [3.63, 3.8) is 0 Å². The van der Waals surface area contributed by atoms with Gasteiger partial charge in [0, 0.05) is 0 Å². The number of carbonyl (C=O) groups excluding carboxylic acids is 1. The third kappa shape index (κ3) is 17.7. The van der Waals surface area contributed by atoms with Gasteiger partial charge in [-0.05, 0) is 6.08 Å². The largest absolute Gasteiger partial charge is 0.878 e. The van der Waals surface area contributed by atoms with Crippen LogP contribution in [0.25, 0.3) is 0 Å². The molecule has 11 heavy (non-hydrogen) atoms. The zero-order valence-electron chi connectivity index (χ0n) is 4.86. The van der Waals surface area contributed by atoms with Crippen LogP contribution < -0.4 is 5.11 Å². The highest BCUT2D eigenvalue weighted by Crippen LogP contribution is 1.75. The number of hydrogen-bond acceptors (Lipinski definition) is 2. The van der Waals surface area contributed by atoms with Crippen molar-refractivity contribution in [3.05, 3.63) is 36.6 Å². The summed E-state index contributed by atoms with van der Waals surface area (Å²) in [5.74, 6) is 0. The van der Waals surface area contributed by atoms with Crippen molar-refractivity contribution >= 4 is 6.29 Å². The summed E-state index contributed by atoms with van der Waals surface area (Å²) in [6, 6.07) is 0. The van der Waals surface area contributed by atoms with Gasteiger partial charge in [0.2, 0.25) is 0 Å². The van der Waals surface area contributed by atoms with Gasteiger partial charge >= 0.3 is 0 Å². The van der Waals surface area contributed by atoms with Gasteiger partial charge in [0.15, 0.2) is 0 Å². The Kier molecular flexibility index (Phi) is 23.6. The highest BCUT2D eigenvalue weighted by Gasteiger charge is 1.58. The van der Waals surface area contributed by atoms with Crippen LogP contribution in [-0.4, -0.2) is 6.29 Å². The fraction of sp³-hybridized carbons (Fsp3) is 0.222. The number of carbonyl (C=O) groups is 1. The van der Waals surface area contributed by atoms with Gasteiger partial charge in [0.05, 0.1) is 0 Å². The molecule has 0 bridgehead atoms. The molecule has 0 aliphatic heterocycles. The number of rotatable bonds is 3. The SMILES string of the molecule is C.C.O=CC=CC=C/C=C\[O-]. The van der Waals surface area contributed by atoms with E-state index in [0.29, 0.717) is 12.5 Å². The minimum Gasteiger partial charge on any atom is -0.878 e. The van der Waals surface area contributed by atoms with Gasteiger partial charge in [0.25, 0.3) is 0 Å². The van der Waals surface area contributed by atoms with Crippen LogP contribution in [0.3, 0.4) is 0 Å². The Hall–Kier alpha value is -1.31. The second kappa shape index (κ2) is 15.9. The zero-order valence-corrected chi connectivity index (χ0v) is 4.86. The van der Waals surface area contributed by atoms with Crippen LogP contribution in [0, 0.1) is 0 Å². The smallest absolute Gasteiger partial charge is 0.142 e. The molecule has 0 amide bonds. The Balaban J connectivity index is -0.000000320. The van der Waals surface area contributed by atoms with Crippen LogP contribution in [-0.2, 0) is 4.79 Å². The van der Waals surface area contributed by atoms with Gasteiger partial charge in [-0.25, -0.2) is 0 Å². The van der Waals surface area contributed by atoms with E-state index in [1.165, 1.54) is 12.2 Å². The molecular weight excluding hydrogens is 140 g/mol. The molecule has 0 N–H and O–H groups in total. The van der Waals surface area contributed by atoms with E-state index in [2.05, 4.69) is 0 Å². The van der Waals surface area contributed by atoms with Crippen molar-refractivity contribution < 1.29 is 9.90 Å². The Morgan fingerprint density at radius 3 is 1.73 bits per heavy atom. The van der Waals surface area contributed by atoms with E-state index < -0.39 is 0 Å². The summed E-state index contributed by atoms with van der Waals surface area (Å²) in [5.41, 5.74) is 0. The highest BCUT2D eigenvalue weighted by atomic mass is 16.2. The average molecular weight is 155 g/mol. The van der Waals surface area contributed by atoms with E-state index in [0.717, 1.165) is 0 Å². The molecule has 0 aliphatic carbocycles. The summed E-state index contributed by atoms with van der Waals surface area (Å²) < 4.78 is 0. The van der Waals surface area contributed by atoms with Crippen molar-refractivity contribution in [1.29, 1.82) is 0 Å². The Bertz CT molecular complexity index is 144. The lowest BCUT2D eigenvalue weighted by Crippen LogP contribution is -1.81. The van der Waals surface area contributed by atoms with Gasteiger partial charge in [-0.1, -0.05) is 39.2 Å². The minimum atomic E-state index is 0. The summed E-state index contributed by atoms with van der Waals surface area (Å²) in [6.45, 7) is 0. The topological polar surface area (TPSA) is 40.1 Å². The maximum absolute atomic E-state index is 9.64. The van der Waals surface area contributed by atoms with Crippen molar-refractivity contribution in [3.8, 4) is 0 Å². The standard InChI is InChI=1S/C7H8O2.2CH4/c8-6-4-2-1-3-5-7-9;;/h1-8H;2*1H4/p-1/b2-1?,5-3?,6-4-;;. The lowest BCUT2D eigenvalue weighted by molar-refractivity contribution is -0.274. The van der Waals surface area contributed by atoms with Crippen LogP contribution >= 0.6 is 0 Å². The minimum absolute atomic E-state index is 0. The first-order chi connectivity index (χ1) is 4.41. The second-order valence-electron chi connectivity index (χ2n) is 1.23. The molecule has 0 spiro atoms. The van der Waals surface area contributed by atoms with Gasteiger partial charge in [0.1, 0.15) is 6.29 Å². The molecule has 2 heteroatoms. The monoisotopic (exact) mass is 155 g/mol. The molecule has 0 rings (SSSR count). The van der Waals surface area contributed by atoms with E-state index in [-0.39, 0.29) is 14.9 Å². The molecule has 0 aromatic carbocycles. The summed E-state index contributed by atoms with van der Waals surface area (Å²) >= 11 is 0. The van der Waals surface area contributed by atoms with Crippen LogP contribution in [0.4, 0.5) is 0 Å². The summed E-state index contributed by atoms with van der Waals surface area (Å²) in [7, 11) is 0. The van der Waals surface area contributed by atoms with E-state index in [1.54, 1.807) is 18.2 Å². The Labute approximate surface area is 68.6 Å². The van der Waals surface area contributed by atoms with Crippen LogP contribution in [0.15, 0.2) is 36.6 Å². The van der Waals surface area contributed by atoms with Crippen LogP contribution in [0.5, 0.6) is 0 Å². The maximum Gasteiger partial charge on any atom is 0.142 e. The average Bonchev–Trinajstić information content (AvgIpc) is 1.89. The molecule has 0 radical (unpaired) electrons. The third-order valence-electron chi connectivity index (χ3n) is 0.602. The lowest BCUT2D eigenvalue weighted by Gasteiger charge is -1.80. The van der Waals surface area contributed by atoms with Crippen molar-refractivity contribution in [1.82, 2.24) is 0 Å². The summed E-state index contributed by atoms with van der Waals surface area (Å²) in [6.07, 6.45) is 8.73. The zero-order chi connectivity index (χ0) is 6.95. The lowest BCUT2D eigenvalue weighted by atomic mass is 10.4. The van der Waals surface area contributed by atoms with Crippen LogP contribution in [0.2, 0.25) is 0 Å². The highest BCUT2D eigenvalue weighted by molar-refractivity contribution is 5.65. The molecule has 0 heterocycles. The Morgan fingerprint density at radius 2 is 1.27 bits per heavy atom. The molecule has 0 aliphatic rings. The molecule has 0 aromatic heterocycles.